The first-order valence-electron chi connectivity index (χ1n) is 19.8. The third kappa shape index (κ3) is 6.46. The summed E-state index contributed by atoms with van der Waals surface area (Å²) in [6, 6.07) is 56.6. The molecule has 2 aliphatic heterocycles. The third-order valence-electron chi connectivity index (χ3n) is 11.4. The molecule has 4 heterocycles. The van der Waals surface area contributed by atoms with Crippen LogP contribution in [0, 0.1) is 18.8 Å². The average molecular weight is 1010 g/mol. The molecular formula is C52H39N4OPtSe-3. The molecule has 0 bridgehead atoms. The van der Waals surface area contributed by atoms with E-state index in [4.69, 9.17) is 9.72 Å². The molecule has 0 fully saturated rings. The van der Waals surface area contributed by atoms with Crippen LogP contribution in [0.5, 0.6) is 11.5 Å². The van der Waals surface area contributed by atoms with Crippen molar-refractivity contribution < 1.29 is 25.8 Å². The Kier molecular flexibility index (Phi) is 9.48. The van der Waals surface area contributed by atoms with Gasteiger partial charge in [-0.2, -0.15) is 0 Å². The van der Waals surface area contributed by atoms with E-state index in [0.717, 1.165) is 62.8 Å². The maximum absolute atomic E-state index is 6.76. The molecule has 1 aliphatic carbocycles. The largest absolute Gasteiger partial charge is 0 e. The maximum Gasteiger partial charge on any atom is 0 e. The topological polar surface area (TPSA) is 33.5 Å². The van der Waals surface area contributed by atoms with E-state index >= 15 is 0 Å². The summed E-state index contributed by atoms with van der Waals surface area (Å²) < 4.78 is 10.4. The molecule has 1 unspecified atom stereocenters. The van der Waals surface area contributed by atoms with E-state index in [1.54, 1.807) is 0 Å². The average Bonchev–Trinajstić information content (AvgIpc) is 3.94. The molecule has 7 heteroatoms. The predicted octanol–water partition coefficient (Wildman–Crippen LogP) is 12.3. The number of aromatic nitrogens is 2. The molecule has 0 saturated carbocycles. The summed E-state index contributed by atoms with van der Waals surface area (Å²) in [6.07, 6.45) is 7.61. The van der Waals surface area contributed by atoms with E-state index < -0.39 is 0 Å². The molecule has 0 N–H and O–H groups in total. The van der Waals surface area contributed by atoms with Crippen LogP contribution in [-0.4, -0.2) is 24.5 Å². The van der Waals surface area contributed by atoms with Crippen molar-refractivity contribution in [2.24, 2.45) is 0 Å². The van der Waals surface area contributed by atoms with Crippen LogP contribution in [0.15, 0.2) is 152 Å². The monoisotopic (exact) mass is 1010 g/mol. The Labute approximate surface area is 366 Å². The second-order valence-electron chi connectivity index (χ2n) is 16.0. The Morgan fingerprint density at radius 1 is 0.729 bits per heavy atom. The zero-order chi connectivity index (χ0) is 39.0. The number of anilines is 4. The first-order chi connectivity index (χ1) is 28.4. The number of hydrogen-bond donors (Lipinski definition) is 0. The number of fused-ring (bicyclic) bond motifs is 1. The van der Waals surface area contributed by atoms with Gasteiger partial charge < -0.3 is 0 Å². The van der Waals surface area contributed by atoms with E-state index in [1.807, 2.05) is 12.3 Å². The van der Waals surface area contributed by atoms with Gasteiger partial charge in [-0.3, -0.25) is 0 Å². The van der Waals surface area contributed by atoms with Gasteiger partial charge in [-0.25, -0.2) is 0 Å². The summed E-state index contributed by atoms with van der Waals surface area (Å²) in [7, 11) is 0. The van der Waals surface area contributed by atoms with Crippen LogP contribution in [0.2, 0.25) is 0 Å². The summed E-state index contributed by atoms with van der Waals surface area (Å²) in [5, 5.41) is 1.33. The molecule has 0 spiro atoms. The van der Waals surface area contributed by atoms with Gasteiger partial charge in [0.25, 0.3) is 0 Å². The summed E-state index contributed by atoms with van der Waals surface area (Å²) in [6.45, 7) is 8.94. The second-order valence-corrected chi connectivity index (χ2v) is 18.6. The molecule has 11 rings (SSSR count). The van der Waals surface area contributed by atoms with Crippen molar-refractivity contribution in [3.63, 3.8) is 0 Å². The first-order valence-corrected chi connectivity index (χ1v) is 21.6. The molecule has 5 nitrogen and oxygen atoms in total. The smallest absolute Gasteiger partial charge is 0 e. The van der Waals surface area contributed by atoms with E-state index in [1.165, 1.54) is 26.7 Å². The molecule has 59 heavy (non-hydrogen) atoms. The van der Waals surface area contributed by atoms with Crippen molar-refractivity contribution in [2.45, 2.75) is 37.4 Å². The molecule has 0 amide bonds. The number of benzene rings is 6. The van der Waals surface area contributed by atoms with Gasteiger partial charge >= 0.3 is 258 Å². The maximum atomic E-state index is 6.76. The van der Waals surface area contributed by atoms with Gasteiger partial charge in [0.2, 0.25) is 0 Å². The van der Waals surface area contributed by atoms with Gasteiger partial charge in [0.05, 0.1) is 0 Å². The standard InChI is InChI=1S/C52H39N4OSe.Pt/c1-52(2,3)36-27-28-53-48(29-36)56-44-25-14-26-46-49(44)50-45(56)31-39(32-47(50)58-46)57-38-20-12-19-37(30-38)54-33-55(43-24-11-10-23-42(43)54)51-40(34-15-6-4-7-16-34)21-13-22-41(51)35-17-8-5-9-18-35;/h4-25,27-29,32-33,46H,26H2,1-3H3;/q-3;. The quantitative estimate of drug-likeness (QED) is 0.118. The fourth-order valence-electron chi connectivity index (χ4n) is 8.63. The number of hydrogen-bond acceptors (Lipinski definition) is 4. The molecular weight excluding hydrogens is 971 g/mol. The zero-order valence-corrected chi connectivity index (χ0v) is 36.8. The Bertz CT molecular complexity index is 2860. The van der Waals surface area contributed by atoms with Crippen LogP contribution >= 0.6 is 0 Å². The number of ether oxygens (including phenoxy) is 1. The molecule has 6 aromatic carbocycles. The van der Waals surface area contributed by atoms with Gasteiger partial charge in [-0.05, 0) is 11.1 Å². The van der Waals surface area contributed by atoms with Crippen molar-refractivity contribution in [3.8, 4) is 39.6 Å². The van der Waals surface area contributed by atoms with Crippen molar-refractivity contribution in [1.29, 1.82) is 0 Å². The van der Waals surface area contributed by atoms with Crippen LogP contribution in [-0.2, 0) is 26.5 Å². The Morgan fingerprint density at radius 3 is 2.12 bits per heavy atom. The number of allylic oxidation sites excluding steroid dienone is 1. The Morgan fingerprint density at radius 2 is 1.41 bits per heavy atom. The van der Waals surface area contributed by atoms with E-state index in [2.05, 4.69) is 200 Å². The molecule has 1 atom stereocenters. The van der Waals surface area contributed by atoms with Crippen LogP contribution in [0.4, 0.5) is 22.7 Å². The van der Waals surface area contributed by atoms with Crippen molar-refractivity contribution in [2.75, 3.05) is 9.80 Å². The van der Waals surface area contributed by atoms with Crippen molar-refractivity contribution >= 4 is 59.1 Å². The molecule has 292 valence electrons. The van der Waals surface area contributed by atoms with Crippen LogP contribution < -0.4 is 19.0 Å². The SMILES string of the molecule is CC(C)(C)c1ccnc(-n2c3c4c5c(cc(Oc6[c-]c(N7[CH-]N(c8c(-c9ccccc9)cccc8-c8ccccc8)c8ccccc87)ccc6)[c-]c52)[Se]C4CC=C3)c1.[Pt]. The minimum absolute atomic E-state index is 0. The minimum Gasteiger partial charge on any atom is 0 e. The molecule has 2 aromatic heterocycles. The zero-order valence-electron chi connectivity index (χ0n) is 32.8. The number of nitrogens with zero attached hydrogens (tertiary/aromatic N) is 4. The van der Waals surface area contributed by atoms with Crippen LogP contribution in [0.3, 0.4) is 0 Å². The number of pyridine rings is 1. The van der Waals surface area contributed by atoms with E-state index in [0.29, 0.717) is 31.3 Å². The summed E-state index contributed by atoms with van der Waals surface area (Å²) in [5.74, 6) is 2.26. The first kappa shape index (κ1) is 37.6. The number of rotatable bonds is 7. The predicted molar refractivity (Wildman–Crippen MR) is 238 cm³/mol. The Balaban J connectivity index is 0.00000420. The van der Waals surface area contributed by atoms with E-state index in [-0.39, 0.29) is 26.5 Å². The van der Waals surface area contributed by atoms with Gasteiger partial charge in [0.15, 0.2) is 0 Å². The van der Waals surface area contributed by atoms with Gasteiger partial charge in [0, 0.05) is 21.1 Å². The third-order valence-corrected chi connectivity index (χ3v) is 14.1. The molecule has 8 aromatic rings. The van der Waals surface area contributed by atoms with Gasteiger partial charge in [-0.15, -0.1) is 0 Å². The van der Waals surface area contributed by atoms with Gasteiger partial charge in [-0.1, -0.05) is 78.9 Å². The molecule has 0 saturated heterocycles. The molecule has 0 radical (unpaired) electrons. The van der Waals surface area contributed by atoms with E-state index in [9.17, 15) is 0 Å². The molecule has 3 aliphatic rings. The summed E-state index contributed by atoms with van der Waals surface area (Å²) >= 11 is 0.299. The number of para-hydroxylation sites is 3. The summed E-state index contributed by atoms with van der Waals surface area (Å²) in [4.78, 5) is 9.97. The van der Waals surface area contributed by atoms with Crippen LogP contribution in [0.1, 0.15) is 48.8 Å². The van der Waals surface area contributed by atoms with Gasteiger partial charge in [0.1, 0.15) is 0 Å². The van der Waals surface area contributed by atoms with Crippen molar-refractivity contribution in [1.82, 2.24) is 9.55 Å². The van der Waals surface area contributed by atoms with Crippen LogP contribution in [0.25, 0.3) is 45.1 Å². The van der Waals surface area contributed by atoms with Crippen molar-refractivity contribution in [3.05, 3.63) is 187 Å². The fraction of sp³-hybridized carbons (Fsp3) is 0.115. The summed E-state index contributed by atoms with van der Waals surface area (Å²) in [5.41, 5.74) is 13.8. The minimum atomic E-state index is 0. The second kappa shape index (κ2) is 14.9. The normalized spacial score (nSPS) is 15.1. The fourth-order valence-corrected chi connectivity index (χ4v) is 11.5. The Hall–Kier alpha value is -5.64.